The number of carbonyl (C=O) groups excluding carboxylic acids is 1. The zero-order valence-electron chi connectivity index (χ0n) is 12.1. The maximum absolute atomic E-state index is 11.9. The summed E-state index contributed by atoms with van der Waals surface area (Å²) in [5.41, 5.74) is 7.89. The molecule has 21 heavy (non-hydrogen) atoms. The van der Waals surface area contributed by atoms with Crippen molar-refractivity contribution >= 4 is 17.3 Å². The van der Waals surface area contributed by atoms with Crippen LogP contribution in [0.2, 0.25) is 0 Å². The molecule has 0 aliphatic heterocycles. The number of anilines is 2. The Hall–Kier alpha value is -2.69. The molecule has 110 valence electrons. The number of hydrogen-bond donors (Lipinski definition) is 2. The van der Waals surface area contributed by atoms with Gasteiger partial charge in [-0.05, 0) is 36.8 Å². The Kier molecular flexibility index (Phi) is 4.66. The number of ether oxygens (including phenoxy) is 2. The molecule has 2 rings (SSSR count). The van der Waals surface area contributed by atoms with E-state index in [2.05, 4.69) is 5.32 Å². The quantitative estimate of drug-likeness (QED) is 0.829. The SMILES string of the molecule is COc1ccc(C)cc1NC(=O)COc1ccccc1N. The van der Waals surface area contributed by atoms with Crippen LogP contribution in [-0.4, -0.2) is 19.6 Å². The van der Waals surface area contributed by atoms with Gasteiger partial charge in [0.15, 0.2) is 6.61 Å². The van der Waals surface area contributed by atoms with Gasteiger partial charge < -0.3 is 20.5 Å². The third kappa shape index (κ3) is 3.89. The van der Waals surface area contributed by atoms with E-state index in [0.29, 0.717) is 22.9 Å². The second-order valence-corrected chi connectivity index (χ2v) is 4.58. The average Bonchev–Trinajstić information content (AvgIpc) is 2.47. The van der Waals surface area contributed by atoms with Gasteiger partial charge in [-0.15, -0.1) is 0 Å². The first-order valence-corrected chi connectivity index (χ1v) is 6.52. The maximum atomic E-state index is 11.9. The number of methoxy groups -OCH3 is 1. The van der Waals surface area contributed by atoms with Crippen LogP contribution in [0.1, 0.15) is 5.56 Å². The number of para-hydroxylation sites is 2. The van der Waals surface area contributed by atoms with Crippen LogP contribution in [-0.2, 0) is 4.79 Å². The highest BCUT2D eigenvalue weighted by Gasteiger charge is 2.09. The molecule has 3 N–H and O–H groups in total. The van der Waals surface area contributed by atoms with Gasteiger partial charge in [0, 0.05) is 0 Å². The van der Waals surface area contributed by atoms with Crippen LogP contribution >= 0.6 is 0 Å². The van der Waals surface area contributed by atoms with E-state index >= 15 is 0 Å². The minimum atomic E-state index is -0.276. The maximum Gasteiger partial charge on any atom is 0.262 e. The van der Waals surface area contributed by atoms with E-state index in [1.807, 2.05) is 19.1 Å². The number of nitrogen functional groups attached to an aromatic ring is 1. The summed E-state index contributed by atoms with van der Waals surface area (Å²) in [4.78, 5) is 11.9. The van der Waals surface area contributed by atoms with Crippen molar-refractivity contribution in [1.29, 1.82) is 0 Å². The van der Waals surface area contributed by atoms with Crippen LogP contribution < -0.4 is 20.5 Å². The third-order valence-corrected chi connectivity index (χ3v) is 2.91. The first-order chi connectivity index (χ1) is 10.1. The molecule has 0 atom stereocenters. The average molecular weight is 286 g/mol. The van der Waals surface area contributed by atoms with E-state index in [4.69, 9.17) is 15.2 Å². The molecule has 0 bridgehead atoms. The monoisotopic (exact) mass is 286 g/mol. The van der Waals surface area contributed by atoms with Crippen LogP contribution in [0, 0.1) is 6.92 Å². The predicted molar refractivity (Wildman–Crippen MR) is 82.7 cm³/mol. The van der Waals surface area contributed by atoms with E-state index in [9.17, 15) is 4.79 Å². The number of carbonyl (C=O) groups is 1. The summed E-state index contributed by atoms with van der Waals surface area (Å²) in [6, 6.07) is 12.6. The Bertz CT molecular complexity index is 641. The number of hydrogen-bond acceptors (Lipinski definition) is 4. The third-order valence-electron chi connectivity index (χ3n) is 2.91. The molecule has 0 saturated heterocycles. The molecule has 0 aromatic heterocycles. The van der Waals surface area contributed by atoms with Crippen molar-refractivity contribution in [3.63, 3.8) is 0 Å². The van der Waals surface area contributed by atoms with E-state index in [1.54, 1.807) is 37.4 Å². The van der Waals surface area contributed by atoms with Crippen LogP contribution in [0.5, 0.6) is 11.5 Å². The minimum absolute atomic E-state index is 0.120. The molecule has 0 aliphatic rings. The van der Waals surface area contributed by atoms with Gasteiger partial charge in [-0.25, -0.2) is 0 Å². The van der Waals surface area contributed by atoms with Crippen molar-refractivity contribution in [2.24, 2.45) is 0 Å². The van der Waals surface area contributed by atoms with Gasteiger partial charge in [0.2, 0.25) is 0 Å². The molecule has 5 heteroatoms. The highest BCUT2D eigenvalue weighted by atomic mass is 16.5. The summed E-state index contributed by atoms with van der Waals surface area (Å²) in [7, 11) is 1.56. The largest absolute Gasteiger partial charge is 0.495 e. The van der Waals surface area contributed by atoms with Crippen molar-refractivity contribution in [3.8, 4) is 11.5 Å². The summed E-state index contributed by atoms with van der Waals surface area (Å²) >= 11 is 0. The standard InChI is InChI=1S/C16H18N2O3/c1-11-7-8-15(20-2)13(9-11)18-16(19)10-21-14-6-4-3-5-12(14)17/h3-9H,10,17H2,1-2H3,(H,18,19). The molecule has 0 aliphatic carbocycles. The van der Waals surface area contributed by atoms with Gasteiger partial charge in [0.05, 0.1) is 18.5 Å². The van der Waals surface area contributed by atoms with Gasteiger partial charge in [0.25, 0.3) is 5.91 Å². The van der Waals surface area contributed by atoms with Crippen LogP contribution in [0.3, 0.4) is 0 Å². The Morgan fingerprint density at radius 1 is 1.19 bits per heavy atom. The van der Waals surface area contributed by atoms with Gasteiger partial charge in [0.1, 0.15) is 11.5 Å². The molecule has 0 fully saturated rings. The van der Waals surface area contributed by atoms with E-state index in [-0.39, 0.29) is 12.5 Å². The second kappa shape index (κ2) is 6.65. The summed E-state index contributed by atoms with van der Waals surface area (Å²) < 4.78 is 10.6. The summed E-state index contributed by atoms with van der Waals surface area (Å²) in [5.74, 6) is 0.819. The number of nitrogens with one attached hydrogen (secondary N) is 1. The second-order valence-electron chi connectivity index (χ2n) is 4.58. The number of rotatable bonds is 5. The van der Waals surface area contributed by atoms with Gasteiger partial charge in [-0.1, -0.05) is 18.2 Å². The molecular formula is C16H18N2O3. The van der Waals surface area contributed by atoms with E-state index in [1.165, 1.54) is 0 Å². The van der Waals surface area contributed by atoms with E-state index < -0.39 is 0 Å². The van der Waals surface area contributed by atoms with Crippen molar-refractivity contribution < 1.29 is 14.3 Å². The topological polar surface area (TPSA) is 73.6 Å². The molecular weight excluding hydrogens is 268 g/mol. The lowest BCUT2D eigenvalue weighted by Gasteiger charge is -2.12. The lowest BCUT2D eigenvalue weighted by Crippen LogP contribution is -2.20. The number of benzene rings is 2. The normalized spacial score (nSPS) is 10.0. The number of nitrogens with two attached hydrogens (primary N) is 1. The minimum Gasteiger partial charge on any atom is -0.495 e. The van der Waals surface area contributed by atoms with Crippen LogP contribution in [0.4, 0.5) is 11.4 Å². The smallest absolute Gasteiger partial charge is 0.262 e. The molecule has 5 nitrogen and oxygen atoms in total. The summed E-state index contributed by atoms with van der Waals surface area (Å²) in [5, 5.41) is 2.76. The fourth-order valence-electron chi connectivity index (χ4n) is 1.86. The predicted octanol–water partition coefficient (Wildman–Crippen LogP) is 2.60. The molecule has 2 aromatic rings. The molecule has 0 heterocycles. The van der Waals surface area contributed by atoms with Gasteiger partial charge >= 0.3 is 0 Å². The number of aryl methyl sites for hydroxylation is 1. The molecule has 1 amide bonds. The lowest BCUT2D eigenvalue weighted by molar-refractivity contribution is -0.118. The molecule has 0 spiro atoms. The highest BCUT2D eigenvalue weighted by Crippen LogP contribution is 2.25. The molecule has 0 radical (unpaired) electrons. The Labute approximate surface area is 123 Å². The van der Waals surface area contributed by atoms with E-state index in [0.717, 1.165) is 5.56 Å². The molecule has 0 unspecified atom stereocenters. The van der Waals surface area contributed by atoms with Crippen molar-refractivity contribution in [2.45, 2.75) is 6.92 Å². The van der Waals surface area contributed by atoms with Gasteiger partial charge in [-0.3, -0.25) is 4.79 Å². The molecule has 2 aromatic carbocycles. The fraction of sp³-hybridized carbons (Fsp3) is 0.188. The van der Waals surface area contributed by atoms with Crippen LogP contribution in [0.25, 0.3) is 0 Å². The van der Waals surface area contributed by atoms with Crippen molar-refractivity contribution in [1.82, 2.24) is 0 Å². The Morgan fingerprint density at radius 2 is 1.95 bits per heavy atom. The van der Waals surface area contributed by atoms with Crippen molar-refractivity contribution in [3.05, 3.63) is 48.0 Å². The fourth-order valence-corrected chi connectivity index (χ4v) is 1.86. The van der Waals surface area contributed by atoms with Crippen LogP contribution in [0.15, 0.2) is 42.5 Å². The Morgan fingerprint density at radius 3 is 2.67 bits per heavy atom. The highest BCUT2D eigenvalue weighted by molar-refractivity contribution is 5.93. The Balaban J connectivity index is 1.99. The number of amides is 1. The van der Waals surface area contributed by atoms with Crippen molar-refractivity contribution in [2.75, 3.05) is 24.8 Å². The lowest BCUT2D eigenvalue weighted by atomic mass is 10.2. The summed E-state index contributed by atoms with van der Waals surface area (Å²) in [6.07, 6.45) is 0. The zero-order valence-corrected chi connectivity index (χ0v) is 12.1. The zero-order chi connectivity index (χ0) is 15.2. The molecule has 0 saturated carbocycles. The first kappa shape index (κ1) is 14.7. The summed E-state index contributed by atoms with van der Waals surface area (Å²) in [6.45, 7) is 1.82. The van der Waals surface area contributed by atoms with Gasteiger partial charge in [-0.2, -0.15) is 0 Å². The first-order valence-electron chi connectivity index (χ1n) is 6.52.